The van der Waals surface area contributed by atoms with Crippen LogP contribution in [0.4, 0.5) is 21.9 Å². The molecule has 4 amide bonds. The fourth-order valence-corrected chi connectivity index (χ4v) is 6.90. The predicted octanol–water partition coefficient (Wildman–Crippen LogP) is 5.93. The second-order valence-corrected chi connectivity index (χ2v) is 11.0. The van der Waals surface area contributed by atoms with E-state index in [1.807, 2.05) is 24.3 Å². The van der Waals surface area contributed by atoms with Crippen molar-refractivity contribution in [2.24, 2.45) is 17.3 Å². The summed E-state index contributed by atoms with van der Waals surface area (Å²) in [4.78, 5) is 47.9. The van der Waals surface area contributed by atoms with Gasteiger partial charge in [0, 0.05) is 17.3 Å². The van der Waals surface area contributed by atoms with Crippen molar-refractivity contribution < 1.29 is 14.4 Å². The Bertz CT molecular complexity index is 1330. The fraction of sp³-hybridized carbons (Fsp3) is 0.300. The molecule has 3 aromatic rings. The molecule has 3 aromatic carbocycles. The Balaban J connectivity index is 1.61. The number of halogens is 1. The maximum absolute atomic E-state index is 14.7. The Morgan fingerprint density at radius 1 is 0.811 bits per heavy atom. The second kappa shape index (κ2) is 8.73. The summed E-state index contributed by atoms with van der Waals surface area (Å²) in [6.45, 7) is 5.01. The minimum absolute atomic E-state index is 0.0345. The van der Waals surface area contributed by atoms with Crippen LogP contribution in [0.5, 0.6) is 0 Å². The lowest BCUT2D eigenvalue weighted by Crippen LogP contribution is -2.75. The van der Waals surface area contributed by atoms with Crippen LogP contribution in [0.15, 0.2) is 78.9 Å². The average molecular weight is 514 g/mol. The summed E-state index contributed by atoms with van der Waals surface area (Å²) in [7, 11) is 0. The number of amides is 4. The number of benzene rings is 3. The molecule has 0 radical (unpaired) electrons. The van der Waals surface area contributed by atoms with Crippen LogP contribution in [0.2, 0.25) is 5.02 Å². The maximum Gasteiger partial charge on any atom is 0.342 e. The monoisotopic (exact) mass is 513 g/mol. The normalized spacial score (nSPS) is 24.8. The Hall–Kier alpha value is -3.64. The number of carbonyl (C=O) groups excluding carboxylic acids is 3. The first-order valence-electron chi connectivity index (χ1n) is 12.7. The summed E-state index contributed by atoms with van der Waals surface area (Å²) >= 11 is 6.42. The molecule has 3 unspecified atom stereocenters. The van der Waals surface area contributed by atoms with E-state index in [4.69, 9.17) is 11.6 Å². The van der Waals surface area contributed by atoms with Crippen molar-refractivity contribution in [2.75, 3.05) is 21.2 Å². The lowest BCUT2D eigenvalue weighted by Gasteiger charge is -2.58. The van der Waals surface area contributed by atoms with E-state index in [1.165, 1.54) is 9.80 Å². The molecule has 2 fully saturated rings. The largest absolute Gasteiger partial charge is 0.366 e. The van der Waals surface area contributed by atoms with Crippen molar-refractivity contribution in [2.45, 2.75) is 32.7 Å². The molecule has 0 saturated carbocycles. The van der Waals surface area contributed by atoms with Crippen molar-refractivity contribution in [3.8, 4) is 0 Å². The van der Waals surface area contributed by atoms with Gasteiger partial charge in [-0.3, -0.25) is 9.59 Å². The molecule has 6 rings (SSSR count). The van der Waals surface area contributed by atoms with Crippen molar-refractivity contribution in [1.82, 2.24) is 0 Å². The van der Waals surface area contributed by atoms with Crippen molar-refractivity contribution in [3.63, 3.8) is 0 Å². The van der Waals surface area contributed by atoms with Crippen LogP contribution in [0.3, 0.4) is 0 Å². The van der Waals surface area contributed by atoms with Crippen LogP contribution >= 0.6 is 11.6 Å². The van der Waals surface area contributed by atoms with Crippen LogP contribution in [0.25, 0.3) is 0 Å². The molecule has 3 atom stereocenters. The molecule has 7 heteroatoms. The number of hydrogen-bond acceptors (Lipinski definition) is 4. The highest BCUT2D eigenvalue weighted by Crippen LogP contribution is 2.52. The van der Waals surface area contributed by atoms with Gasteiger partial charge in [0.25, 0.3) is 11.8 Å². The molecular weight excluding hydrogens is 486 g/mol. The van der Waals surface area contributed by atoms with Gasteiger partial charge in [-0.25, -0.2) is 14.6 Å². The van der Waals surface area contributed by atoms with Crippen LogP contribution in [0, 0.1) is 17.3 Å². The standard InChI is InChI=1S/C30H28ClN3O3/c1-19-15-20(2)26-30(17-21-13-14-22(31)16-25(21)32(26)18-19)27(35)33(23-9-5-3-6-10-23)29(37)34(28(30)36)24-11-7-4-8-12-24/h3-14,16,19-20,26H,15,17-18H2,1-2H3. The third-order valence-electron chi connectivity index (χ3n) is 8.07. The minimum atomic E-state index is -1.47. The van der Waals surface area contributed by atoms with E-state index >= 15 is 0 Å². The number of piperidine rings is 1. The Morgan fingerprint density at radius 3 is 1.95 bits per heavy atom. The number of imide groups is 2. The summed E-state index contributed by atoms with van der Waals surface area (Å²) < 4.78 is 0. The van der Waals surface area contributed by atoms with Gasteiger partial charge in [0.05, 0.1) is 17.4 Å². The molecule has 188 valence electrons. The number of nitrogens with zero attached hydrogens (tertiary/aromatic N) is 3. The number of anilines is 3. The third kappa shape index (κ3) is 3.50. The lowest BCUT2D eigenvalue weighted by molar-refractivity contribution is -0.144. The van der Waals surface area contributed by atoms with E-state index in [-0.39, 0.29) is 12.3 Å². The van der Waals surface area contributed by atoms with E-state index in [0.29, 0.717) is 28.9 Å². The topological polar surface area (TPSA) is 60.9 Å². The number of barbiturate groups is 1. The number of fused-ring (bicyclic) bond motifs is 4. The Kier molecular flexibility index (Phi) is 5.60. The quantitative estimate of drug-likeness (QED) is 0.398. The second-order valence-electron chi connectivity index (χ2n) is 10.6. The zero-order valence-electron chi connectivity index (χ0n) is 20.8. The minimum Gasteiger partial charge on any atom is -0.366 e. The zero-order valence-corrected chi connectivity index (χ0v) is 21.6. The van der Waals surface area contributed by atoms with Crippen LogP contribution < -0.4 is 14.7 Å². The molecule has 3 aliphatic rings. The van der Waals surface area contributed by atoms with E-state index in [9.17, 15) is 14.4 Å². The van der Waals surface area contributed by atoms with Gasteiger partial charge in [-0.05, 0) is 66.6 Å². The molecule has 6 nitrogen and oxygen atoms in total. The molecule has 3 aliphatic heterocycles. The van der Waals surface area contributed by atoms with Crippen LogP contribution in [-0.2, 0) is 16.0 Å². The molecule has 3 heterocycles. The first-order chi connectivity index (χ1) is 17.8. The summed E-state index contributed by atoms with van der Waals surface area (Å²) in [6.07, 6.45) is 1.08. The zero-order chi connectivity index (χ0) is 25.9. The summed E-state index contributed by atoms with van der Waals surface area (Å²) in [5.74, 6) is -0.512. The van der Waals surface area contributed by atoms with Gasteiger partial charge in [0.2, 0.25) is 0 Å². The van der Waals surface area contributed by atoms with Gasteiger partial charge in [-0.2, -0.15) is 0 Å². The Morgan fingerprint density at radius 2 is 1.38 bits per heavy atom. The number of rotatable bonds is 2. The van der Waals surface area contributed by atoms with E-state index < -0.39 is 29.3 Å². The van der Waals surface area contributed by atoms with Gasteiger partial charge in [-0.1, -0.05) is 67.9 Å². The van der Waals surface area contributed by atoms with Gasteiger partial charge in [0.1, 0.15) is 0 Å². The smallest absolute Gasteiger partial charge is 0.342 e. The highest BCUT2D eigenvalue weighted by molar-refractivity contribution is 6.39. The number of urea groups is 1. The molecule has 2 saturated heterocycles. The predicted molar refractivity (Wildman–Crippen MR) is 145 cm³/mol. The Labute approximate surface area is 221 Å². The van der Waals surface area contributed by atoms with Gasteiger partial charge in [0.15, 0.2) is 5.41 Å². The molecule has 0 aliphatic carbocycles. The highest BCUT2D eigenvalue weighted by Gasteiger charge is 2.66. The van der Waals surface area contributed by atoms with Gasteiger partial charge in [-0.15, -0.1) is 0 Å². The van der Waals surface area contributed by atoms with Crippen molar-refractivity contribution in [3.05, 3.63) is 89.4 Å². The van der Waals surface area contributed by atoms with Gasteiger partial charge >= 0.3 is 6.03 Å². The highest BCUT2D eigenvalue weighted by atomic mass is 35.5. The average Bonchev–Trinajstić information content (AvgIpc) is 2.89. The van der Waals surface area contributed by atoms with Crippen molar-refractivity contribution in [1.29, 1.82) is 0 Å². The SMILES string of the molecule is CC1CC(C)C2N(C1)c1cc(Cl)ccc1CC21C(=O)N(c2ccccc2)C(=O)N(c2ccccc2)C1=O. The maximum atomic E-state index is 14.7. The van der Waals surface area contributed by atoms with E-state index in [0.717, 1.165) is 17.7 Å². The van der Waals surface area contributed by atoms with Crippen LogP contribution in [0.1, 0.15) is 25.8 Å². The first kappa shape index (κ1) is 23.7. The van der Waals surface area contributed by atoms with Crippen molar-refractivity contribution >= 4 is 46.5 Å². The molecule has 37 heavy (non-hydrogen) atoms. The lowest BCUT2D eigenvalue weighted by atomic mass is 9.62. The number of hydrogen-bond donors (Lipinski definition) is 0. The molecule has 0 aromatic heterocycles. The summed E-state index contributed by atoms with van der Waals surface area (Å²) in [5, 5.41) is 0.618. The fourth-order valence-electron chi connectivity index (χ4n) is 6.73. The molecule has 1 spiro atoms. The van der Waals surface area contributed by atoms with E-state index in [1.54, 1.807) is 54.6 Å². The number of carbonyl (C=O) groups is 3. The summed E-state index contributed by atoms with van der Waals surface area (Å²) in [5.41, 5.74) is 1.29. The van der Waals surface area contributed by atoms with Crippen LogP contribution in [-0.4, -0.2) is 30.4 Å². The molecular formula is C30H28ClN3O3. The third-order valence-corrected chi connectivity index (χ3v) is 8.30. The summed E-state index contributed by atoms with van der Waals surface area (Å²) in [6, 6.07) is 22.4. The number of para-hydroxylation sites is 2. The molecule has 0 bridgehead atoms. The van der Waals surface area contributed by atoms with Gasteiger partial charge < -0.3 is 4.90 Å². The molecule has 0 N–H and O–H groups in total. The first-order valence-corrected chi connectivity index (χ1v) is 13.1. The van der Waals surface area contributed by atoms with E-state index in [2.05, 4.69) is 18.7 Å².